The van der Waals surface area contributed by atoms with Gasteiger partial charge in [-0.05, 0) is 26.7 Å². The fourth-order valence-electron chi connectivity index (χ4n) is 2.65. The number of guanidine groups is 1. The van der Waals surface area contributed by atoms with Crippen LogP contribution in [0.5, 0.6) is 0 Å². The van der Waals surface area contributed by atoms with E-state index in [4.69, 9.17) is 9.47 Å². The molecule has 0 aromatic rings. The van der Waals surface area contributed by atoms with E-state index in [1.165, 1.54) is 0 Å². The van der Waals surface area contributed by atoms with Crippen LogP contribution < -0.4 is 10.6 Å². The van der Waals surface area contributed by atoms with Gasteiger partial charge in [0.2, 0.25) is 0 Å². The highest BCUT2D eigenvalue weighted by Crippen LogP contribution is 2.12. The van der Waals surface area contributed by atoms with Crippen molar-refractivity contribution in [1.82, 2.24) is 15.5 Å². The first-order chi connectivity index (χ1) is 11.2. The van der Waals surface area contributed by atoms with Crippen molar-refractivity contribution in [3.63, 3.8) is 0 Å². The monoisotopic (exact) mass is 470 g/mol. The average molecular weight is 470 g/mol. The molecule has 1 heterocycles. The fraction of sp³-hybridized carbons (Fsp3) is 0.882. The van der Waals surface area contributed by atoms with Gasteiger partial charge in [-0.25, -0.2) is 0 Å². The number of nitrogens with zero attached hydrogens (tertiary/aromatic N) is 2. The van der Waals surface area contributed by atoms with Crippen LogP contribution in [-0.2, 0) is 14.3 Å². The number of esters is 1. The van der Waals surface area contributed by atoms with E-state index in [1.807, 2.05) is 20.8 Å². The van der Waals surface area contributed by atoms with E-state index in [0.717, 1.165) is 32.8 Å². The topological polar surface area (TPSA) is 75.2 Å². The molecule has 0 spiro atoms. The normalized spacial score (nSPS) is 17.6. The molecule has 0 radical (unpaired) electrons. The van der Waals surface area contributed by atoms with Crippen LogP contribution in [0.25, 0.3) is 0 Å². The van der Waals surface area contributed by atoms with E-state index in [9.17, 15) is 4.79 Å². The van der Waals surface area contributed by atoms with Crippen LogP contribution in [0.1, 0.15) is 34.6 Å². The lowest BCUT2D eigenvalue weighted by molar-refractivity contribution is -0.153. The van der Waals surface area contributed by atoms with Crippen LogP contribution in [0.3, 0.4) is 0 Å². The summed E-state index contributed by atoms with van der Waals surface area (Å²) in [6.45, 7) is 14.4. The summed E-state index contributed by atoms with van der Waals surface area (Å²) in [4.78, 5) is 18.4. The largest absolute Gasteiger partial charge is 0.459 e. The minimum absolute atomic E-state index is 0. The Kier molecular flexibility index (Phi) is 11.6. The number of carbonyl (C=O) groups excluding carboxylic acids is 1. The van der Waals surface area contributed by atoms with E-state index in [2.05, 4.69) is 34.4 Å². The van der Waals surface area contributed by atoms with Crippen molar-refractivity contribution in [3.8, 4) is 0 Å². The van der Waals surface area contributed by atoms with E-state index in [-0.39, 0.29) is 36.5 Å². The summed E-state index contributed by atoms with van der Waals surface area (Å²) in [5.74, 6) is 0.832. The van der Waals surface area contributed by atoms with Gasteiger partial charge in [-0.2, -0.15) is 0 Å². The summed E-state index contributed by atoms with van der Waals surface area (Å²) in [5.41, 5.74) is -0.477. The van der Waals surface area contributed by atoms with E-state index >= 15 is 0 Å². The van der Waals surface area contributed by atoms with Crippen LogP contribution in [0, 0.1) is 5.92 Å². The molecule has 1 fully saturated rings. The molecule has 1 saturated heterocycles. The molecule has 0 aromatic heterocycles. The van der Waals surface area contributed by atoms with Crippen LogP contribution in [0.15, 0.2) is 4.99 Å². The van der Waals surface area contributed by atoms with Gasteiger partial charge in [0.25, 0.3) is 0 Å². The lowest BCUT2D eigenvalue weighted by Crippen LogP contribution is -2.53. The molecule has 1 rings (SSSR count). The summed E-state index contributed by atoms with van der Waals surface area (Å²) in [7, 11) is 1.70. The number of rotatable bonds is 6. The average Bonchev–Trinajstić information content (AvgIpc) is 2.49. The molecule has 1 unspecified atom stereocenters. The Bertz CT molecular complexity index is 419. The van der Waals surface area contributed by atoms with Gasteiger partial charge < -0.3 is 20.1 Å². The Morgan fingerprint density at radius 2 is 1.84 bits per heavy atom. The van der Waals surface area contributed by atoms with E-state index < -0.39 is 5.60 Å². The number of hydrogen-bond acceptors (Lipinski definition) is 5. The number of morpholine rings is 1. The molecule has 0 aromatic carbocycles. The SMILES string of the molecule is CN=C(NCC(=O)OC(C)(C)C)NCC(C(C)C)N1CCOCC1.I. The number of aliphatic imine (C=N–C) groups is 1. The minimum atomic E-state index is -0.477. The summed E-state index contributed by atoms with van der Waals surface area (Å²) in [6.07, 6.45) is 0. The zero-order valence-electron chi connectivity index (χ0n) is 16.4. The molecule has 1 aliphatic heterocycles. The van der Waals surface area contributed by atoms with Crippen molar-refractivity contribution in [1.29, 1.82) is 0 Å². The summed E-state index contributed by atoms with van der Waals surface area (Å²) >= 11 is 0. The van der Waals surface area contributed by atoms with Crippen molar-refractivity contribution in [2.45, 2.75) is 46.3 Å². The maximum Gasteiger partial charge on any atom is 0.325 e. The Hall–Kier alpha value is -0.610. The minimum Gasteiger partial charge on any atom is -0.459 e. The molecule has 0 saturated carbocycles. The third-order valence-corrected chi connectivity index (χ3v) is 3.81. The first-order valence-corrected chi connectivity index (χ1v) is 8.71. The maximum atomic E-state index is 11.8. The predicted octanol–water partition coefficient (Wildman–Crippen LogP) is 1.47. The number of nitrogens with one attached hydrogen (secondary N) is 2. The second-order valence-corrected chi connectivity index (χ2v) is 7.35. The standard InChI is InChI=1S/C17H34N4O3.HI/c1-13(2)14(21-7-9-23-10-8-21)11-19-16(18-6)20-12-15(22)24-17(3,4)5;/h13-14H,7-12H2,1-6H3,(H2,18,19,20);1H. The molecule has 0 amide bonds. The van der Waals surface area contributed by atoms with Crippen LogP contribution >= 0.6 is 24.0 Å². The molecule has 2 N–H and O–H groups in total. The third kappa shape index (κ3) is 10.2. The first-order valence-electron chi connectivity index (χ1n) is 8.71. The van der Waals surface area contributed by atoms with Gasteiger partial charge in [-0.1, -0.05) is 13.8 Å². The summed E-state index contributed by atoms with van der Waals surface area (Å²) < 4.78 is 10.7. The molecule has 148 valence electrons. The van der Waals surface area contributed by atoms with Gasteiger partial charge in [-0.15, -0.1) is 24.0 Å². The van der Waals surface area contributed by atoms with Gasteiger partial charge in [0, 0.05) is 32.7 Å². The third-order valence-electron chi connectivity index (χ3n) is 3.81. The highest BCUT2D eigenvalue weighted by atomic mass is 127. The van der Waals surface area contributed by atoms with E-state index in [1.54, 1.807) is 7.05 Å². The molecule has 1 aliphatic rings. The van der Waals surface area contributed by atoms with Crippen LogP contribution in [0.4, 0.5) is 0 Å². The van der Waals surface area contributed by atoms with Crippen molar-refractivity contribution in [3.05, 3.63) is 0 Å². The molecular formula is C17H35IN4O3. The zero-order valence-corrected chi connectivity index (χ0v) is 18.8. The highest BCUT2D eigenvalue weighted by Gasteiger charge is 2.24. The number of carbonyl (C=O) groups is 1. The quantitative estimate of drug-likeness (QED) is 0.265. The summed E-state index contributed by atoms with van der Waals surface area (Å²) in [6, 6.07) is 0.397. The number of halogens is 1. The fourth-order valence-corrected chi connectivity index (χ4v) is 2.65. The Morgan fingerprint density at radius 3 is 2.32 bits per heavy atom. The first kappa shape index (κ1) is 24.4. The molecular weight excluding hydrogens is 435 g/mol. The number of ether oxygens (including phenoxy) is 2. The maximum absolute atomic E-state index is 11.8. The summed E-state index contributed by atoms with van der Waals surface area (Å²) in [5, 5.41) is 6.33. The Morgan fingerprint density at radius 1 is 1.24 bits per heavy atom. The molecule has 25 heavy (non-hydrogen) atoms. The van der Waals surface area contributed by atoms with Crippen LogP contribution in [0.2, 0.25) is 0 Å². The van der Waals surface area contributed by atoms with Gasteiger partial charge in [-0.3, -0.25) is 14.7 Å². The van der Waals surface area contributed by atoms with Crippen molar-refractivity contribution >= 4 is 35.9 Å². The van der Waals surface area contributed by atoms with Crippen LogP contribution in [-0.4, -0.2) is 74.9 Å². The Labute approximate surface area is 169 Å². The van der Waals surface area contributed by atoms with Gasteiger partial charge >= 0.3 is 5.97 Å². The van der Waals surface area contributed by atoms with Crippen molar-refractivity contribution < 1.29 is 14.3 Å². The predicted molar refractivity (Wildman–Crippen MR) is 112 cm³/mol. The van der Waals surface area contributed by atoms with Crippen molar-refractivity contribution in [2.24, 2.45) is 10.9 Å². The molecule has 8 heteroatoms. The lowest BCUT2D eigenvalue weighted by Gasteiger charge is -2.37. The second kappa shape index (κ2) is 11.9. The second-order valence-electron chi connectivity index (χ2n) is 7.35. The molecule has 7 nitrogen and oxygen atoms in total. The van der Waals surface area contributed by atoms with Gasteiger partial charge in [0.15, 0.2) is 5.96 Å². The zero-order chi connectivity index (χ0) is 18.2. The van der Waals surface area contributed by atoms with Gasteiger partial charge in [0.1, 0.15) is 12.1 Å². The van der Waals surface area contributed by atoms with E-state index in [0.29, 0.717) is 17.9 Å². The smallest absolute Gasteiger partial charge is 0.325 e. The molecule has 0 bridgehead atoms. The highest BCUT2D eigenvalue weighted by molar-refractivity contribution is 14.0. The lowest BCUT2D eigenvalue weighted by atomic mass is 10.0. The van der Waals surface area contributed by atoms with Gasteiger partial charge in [0.05, 0.1) is 13.2 Å². The number of hydrogen-bond donors (Lipinski definition) is 2. The van der Waals surface area contributed by atoms with Crippen molar-refractivity contribution in [2.75, 3.05) is 46.4 Å². The Balaban J connectivity index is 0.00000576. The molecule has 0 aliphatic carbocycles. The molecule has 1 atom stereocenters.